The fourth-order valence-corrected chi connectivity index (χ4v) is 1.50. The van der Waals surface area contributed by atoms with E-state index in [1.165, 1.54) is 6.20 Å². The largest absolute Gasteiger partial charge is 0.437 e. The summed E-state index contributed by atoms with van der Waals surface area (Å²) in [5.74, 6) is 1.61. The van der Waals surface area contributed by atoms with E-state index in [-0.39, 0.29) is 0 Å². The molecular weight excluding hydrogens is 254 g/mol. The Hall–Kier alpha value is -1.72. The summed E-state index contributed by atoms with van der Waals surface area (Å²) in [6.07, 6.45) is 1.54. The maximum Gasteiger partial charge on any atom is 0.222 e. The normalized spacial score (nSPS) is 10.4. The van der Waals surface area contributed by atoms with Crippen LogP contribution in [0.4, 0.5) is 0 Å². The molecular formula is C12H12ClN3O2. The third-order valence-electron chi connectivity index (χ3n) is 2.07. The van der Waals surface area contributed by atoms with Crippen molar-refractivity contribution in [2.45, 2.75) is 13.5 Å². The number of methoxy groups -OCH3 is 1. The van der Waals surface area contributed by atoms with E-state index in [1.54, 1.807) is 25.3 Å². The zero-order valence-electron chi connectivity index (χ0n) is 10.1. The van der Waals surface area contributed by atoms with Crippen LogP contribution in [0.3, 0.4) is 0 Å². The molecule has 18 heavy (non-hydrogen) atoms. The summed E-state index contributed by atoms with van der Waals surface area (Å²) >= 11 is 5.70. The predicted molar refractivity (Wildman–Crippen MR) is 66.8 cm³/mol. The van der Waals surface area contributed by atoms with E-state index in [1.807, 2.05) is 6.92 Å². The maximum atomic E-state index is 5.70. The lowest BCUT2D eigenvalue weighted by Gasteiger charge is -2.07. The van der Waals surface area contributed by atoms with Gasteiger partial charge in [0.2, 0.25) is 5.88 Å². The number of aromatic nitrogens is 3. The second-order valence-corrected chi connectivity index (χ2v) is 4.00. The molecule has 94 valence electrons. The van der Waals surface area contributed by atoms with Crippen molar-refractivity contribution in [2.24, 2.45) is 0 Å². The molecule has 0 saturated heterocycles. The Morgan fingerprint density at radius 1 is 1.28 bits per heavy atom. The van der Waals surface area contributed by atoms with Crippen LogP contribution in [0.1, 0.15) is 11.5 Å². The monoisotopic (exact) mass is 265 g/mol. The molecule has 0 saturated carbocycles. The van der Waals surface area contributed by atoms with E-state index in [0.29, 0.717) is 29.2 Å². The first-order valence-corrected chi connectivity index (χ1v) is 5.68. The van der Waals surface area contributed by atoms with Crippen molar-refractivity contribution in [3.63, 3.8) is 0 Å². The molecule has 0 N–H and O–H groups in total. The lowest BCUT2D eigenvalue weighted by atomic mass is 10.4. The van der Waals surface area contributed by atoms with Gasteiger partial charge in [0, 0.05) is 18.9 Å². The van der Waals surface area contributed by atoms with Gasteiger partial charge in [0.25, 0.3) is 0 Å². The SMILES string of the molecule is COCc1nc(C)cc(Oc2ccc(Cl)nc2)n1. The summed E-state index contributed by atoms with van der Waals surface area (Å²) in [5.41, 5.74) is 0.814. The van der Waals surface area contributed by atoms with Crippen LogP contribution < -0.4 is 4.74 Å². The molecule has 2 rings (SSSR count). The number of hydrogen-bond donors (Lipinski definition) is 0. The molecule has 0 amide bonds. The van der Waals surface area contributed by atoms with Crippen LogP contribution in [0.5, 0.6) is 11.6 Å². The fourth-order valence-electron chi connectivity index (χ4n) is 1.39. The summed E-state index contributed by atoms with van der Waals surface area (Å²) < 4.78 is 10.6. The minimum atomic E-state index is 0.344. The first kappa shape index (κ1) is 12.7. The van der Waals surface area contributed by atoms with Gasteiger partial charge in [0.15, 0.2) is 5.82 Å². The summed E-state index contributed by atoms with van der Waals surface area (Å²) in [6.45, 7) is 2.21. The van der Waals surface area contributed by atoms with Crippen molar-refractivity contribution in [3.05, 3.63) is 41.1 Å². The number of aryl methyl sites for hydroxylation is 1. The van der Waals surface area contributed by atoms with Gasteiger partial charge in [-0.25, -0.2) is 9.97 Å². The van der Waals surface area contributed by atoms with Crippen molar-refractivity contribution >= 4 is 11.6 Å². The molecule has 5 nitrogen and oxygen atoms in total. The van der Waals surface area contributed by atoms with Gasteiger partial charge in [0.1, 0.15) is 17.5 Å². The minimum absolute atomic E-state index is 0.344. The standard InChI is InChI=1S/C12H12ClN3O2/c1-8-5-12(16-11(15-8)7-17-2)18-9-3-4-10(13)14-6-9/h3-6H,7H2,1-2H3. The van der Waals surface area contributed by atoms with Crippen molar-refractivity contribution in [3.8, 4) is 11.6 Å². The van der Waals surface area contributed by atoms with Crippen molar-refractivity contribution < 1.29 is 9.47 Å². The summed E-state index contributed by atoms with van der Waals surface area (Å²) in [5, 5.41) is 0.418. The second-order valence-electron chi connectivity index (χ2n) is 3.62. The van der Waals surface area contributed by atoms with Gasteiger partial charge in [-0.1, -0.05) is 11.6 Å². The molecule has 0 aromatic carbocycles. The molecule has 0 radical (unpaired) electrons. The van der Waals surface area contributed by atoms with Crippen molar-refractivity contribution in [2.75, 3.05) is 7.11 Å². The van der Waals surface area contributed by atoms with E-state index in [9.17, 15) is 0 Å². The molecule has 2 aromatic heterocycles. The molecule has 2 aromatic rings. The summed E-state index contributed by atoms with van der Waals surface area (Å²) in [6, 6.07) is 5.12. The van der Waals surface area contributed by atoms with E-state index in [0.717, 1.165) is 5.69 Å². The highest BCUT2D eigenvalue weighted by molar-refractivity contribution is 6.29. The van der Waals surface area contributed by atoms with Crippen LogP contribution in [0.15, 0.2) is 24.4 Å². The first-order valence-electron chi connectivity index (χ1n) is 5.30. The Morgan fingerprint density at radius 3 is 2.78 bits per heavy atom. The van der Waals surface area contributed by atoms with Gasteiger partial charge >= 0.3 is 0 Å². The smallest absolute Gasteiger partial charge is 0.222 e. The van der Waals surface area contributed by atoms with E-state index in [4.69, 9.17) is 21.1 Å². The molecule has 0 aliphatic heterocycles. The van der Waals surface area contributed by atoms with Crippen LogP contribution in [-0.4, -0.2) is 22.1 Å². The molecule has 0 aliphatic carbocycles. The third kappa shape index (κ3) is 3.38. The molecule has 0 bridgehead atoms. The average Bonchev–Trinajstić information content (AvgIpc) is 2.32. The maximum absolute atomic E-state index is 5.70. The van der Waals surface area contributed by atoms with E-state index < -0.39 is 0 Å². The predicted octanol–water partition coefficient (Wildman–Crippen LogP) is 2.77. The molecule has 0 aliphatic rings. The number of pyridine rings is 1. The molecule has 2 heterocycles. The average molecular weight is 266 g/mol. The van der Waals surface area contributed by atoms with Gasteiger partial charge in [-0.2, -0.15) is 4.98 Å². The Balaban J connectivity index is 2.20. The molecule has 0 atom stereocenters. The quantitative estimate of drug-likeness (QED) is 0.796. The Labute approximate surface area is 110 Å². The Bertz CT molecular complexity index is 531. The molecule has 6 heteroatoms. The molecule has 0 fully saturated rings. The number of ether oxygens (including phenoxy) is 2. The lowest BCUT2D eigenvalue weighted by molar-refractivity contribution is 0.177. The molecule has 0 spiro atoms. The number of nitrogens with zero attached hydrogens (tertiary/aromatic N) is 3. The van der Waals surface area contributed by atoms with Crippen LogP contribution in [0.2, 0.25) is 5.15 Å². The topological polar surface area (TPSA) is 57.1 Å². The first-order chi connectivity index (χ1) is 8.67. The van der Waals surface area contributed by atoms with Crippen LogP contribution in [-0.2, 0) is 11.3 Å². The van der Waals surface area contributed by atoms with Gasteiger partial charge < -0.3 is 9.47 Å². The van der Waals surface area contributed by atoms with Gasteiger partial charge in [-0.05, 0) is 19.1 Å². The summed E-state index contributed by atoms with van der Waals surface area (Å²) in [4.78, 5) is 12.4. The van der Waals surface area contributed by atoms with Gasteiger partial charge in [-0.15, -0.1) is 0 Å². The van der Waals surface area contributed by atoms with Crippen LogP contribution in [0.25, 0.3) is 0 Å². The van der Waals surface area contributed by atoms with Gasteiger partial charge in [-0.3, -0.25) is 0 Å². The second kappa shape index (κ2) is 5.75. The molecule has 0 unspecified atom stereocenters. The zero-order valence-corrected chi connectivity index (χ0v) is 10.8. The Morgan fingerprint density at radius 2 is 2.11 bits per heavy atom. The van der Waals surface area contributed by atoms with Crippen LogP contribution in [0, 0.1) is 6.92 Å². The zero-order chi connectivity index (χ0) is 13.0. The van der Waals surface area contributed by atoms with E-state index >= 15 is 0 Å². The van der Waals surface area contributed by atoms with E-state index in [2.05, 4.69) is 15.0 Å². The highest BCUT2D eigenvalue weighted by Crippen LogP contribution is 2.20. The fraction of sp³-hybridized carbons (Fsp3) is 0.250. The lowest BCUT2D eigenvalue weighted by Crippen LogP contribution is -2.00. The third-order valence-corrected chi connectivity index (χ3v) is 2.30. The van der Waals surface area contributed by atoms with Crippen molar-refractivity contribution in [1.82, 2.24) is 15.0 Å². The Kier molecular flexibility index (Phi) is 4.07. The van der Waals surface area contributed by atoms with Crippen LogP contribution >= 0.6 is 11.6 Å². The van der Waals surface area contributed by atoms with Gasteiger partial charge in [0.05, 0.1) is 6.20 Å². The highest BCUT2D eigenvalue weighted by atomic mass is 35.5. The number of hydrogen-bond acceptors (Lipinski definition) is 5. The highest BCUT2D eigenvalue weighted by Gasteiger charge is 2.04. The van der Waals surface area contributed by atoms with Crippen molar-refractivity contribution in [1.29, 1.82) is 0 Å². The summed E-state index contributed by atoms with van der Waals surface area (Å²) in [7, 11) is 1.59. The number of halogens is 1. The number of rotatable bonds is 4. The minimum Gasteiger partial charge on any atom is -0.437 e.